The lowest BCUT2D eigenvalue weighted by Crippen LogP contribution is -2.17. The number of aliphatic hydroxyl groups excluding tert-OH is 1. The van der Waals surface area contributed by atoms with E-state index in [1.807, 2.05) is 6.08 Å². The molecule has 0 aromatic rings. The predicted molar refractivity (Wildman–Crippen MR) is 61.2 cm³/mol. The number of hydrogen-bond donors (Lipinski definition) is 1. The standard InChI is InChI=1S/C13H24O/c1-3-4-5-6-7-12-8-11(2)9-13(14)10-12/h9,12-14H,3-8,10H2,1-2H3. The highest BCUT2D eigenvalue weighted by atomic mass is 16.3. The molecule has 0 aliphatic heterocycles. The molecule has 1 nitrogen and oxygen atoms in total. The molecule has 1 aliphatic carbocycles. The van der Waals surface area contributed by atoms with Gasteiger partial charge in [0.15, 0.2) is 0 Å². The SMILES string of the molecule is CCCCCCC1CC(C)=CC(O)C1. The third-order valence-electron chi connectivity index (χ3n) is 3.13. The molecule has 0 radical (unpaired) electrons. The van der Waals surface area contributed by atoms with Crippen molar-refractivity contribution >= 4 is 0 Å². The van der Waals surface area contributed by atoms with Crippen LogP contribution in [0.25, 0.3) is 0 Å². The molecule has 1 aliphatic rings. The fourth-order valence-electron chi connectivity index (χ4n) is 2.42. The van der Waals surface area contributed by atoms with E-state index in [4.69, 9.17) is 0 Å². The van der Waals surface area contributed by atoms with Gasteiger partial charge in [-0.15, -0.1) is 0 Å². The van der Waals surface area contributed by atoms with Gasteiger partial charge in [0.1, 0.15) is 0 Å². The summed E-state index contributed by atoms with van der Waals surface area (Å²) in [5, 5.41) is 9.58. The molecule has 2 atom stereocenters. The summed E-state index contributed by atoms with van der Waals surface area (Å²) in [6.45, 7) is 4.39. The van der Waals surface area contributed by atoms with Crippen molar-refractivity contribution in [2.75, 3.05) is 0 Å². The van der Waals surface area contributed by atoms with Crippen molar-refractivity contribution in [3.63, 3.8) is 0 Å². The number of unbranched alkanes of at least 4 members (excludes halogenated alkanes) is 3. The topological polar surface area (TPSA) is 20.2 Å². The Hall–Kier alpha value is -0.300. The van der Waals surface area contributed by atoms with Gasteiger partial charge in [-0.1, -0.05) is 50.7 Å². The summed E-state index contributed by atoms with van der Waals surface area (Å²) in [7, 11) is 0. The summed E-state index contributed by atoms with van der Waals surface area (Å²) in [5.41, 5.74) is 1.38. The van der Waals surface area contributed by atoms with Gasteiger partial charge in [0.25, 0.3) is 0 Å². The van der Waals surface area contributed by atoms with E-state index >= 15 is 0 Å². The minimum Gasteiger partial charge on any atom is -0.389 e. The van der Waals surface area contributed by atoms with Gasteiger partial charge in [-0.25, -0.2) is 0 Å². The first-order valence-electron chi connectivity index (χ1n) is 6.07. The molecule has 0 spiro atoms. The Kier molecular flexibility index (Phi) is 5.24. The van der Waals surface area contributed by atoms with Crippen molar-refractivity contribution in [2.45, 2.75) is 64.9 Å². The van der Waals surface area contributed by atoms with Gasteiger partial charge in [-0.05, 0) is 25.7 Å². The molecule has 0 saturated heterocycles. The van der Waals surface area contributed by atoms with Crippen LogP contribution in [0.3, 0.4) is 0 Å². The fraction of sp³-hybridized carbons (Fsp3) is 0.846. The third kappa shape index (κ3) is 4.28. The molecule has 0 heterocycles. The molecular formula is C13H24O. The van der Waals surface area contributed by atoms with Crippen LogP contribution in [0.1, 0.15) is 58.8 Å². The van der Waals surface area contributed by atoms with Crippen LogP contribution in [-0.4, -0.2) is 11.2 Å². The number of aliphatic hydroxyl groups is 1. The summed E-state index contributed by atoms with van der Waals surface area (Å²) >= 11 is 0. The summed E-state index contributed by atoms with van der Waals surface area (Å²) in [6, 6.07) is 0. The van der Waals surface area contributed by atoms with E-state index in [0.717, 1.165) is 12.3 Å². The molecule has 1 rings (SSSR count). The highest BCUT2D eigenvalue weighted by Gasteiger charge is 2.18. The summed E-state index contributed by atoms with van der Waals surface area (Å²) < 4.78 is 0. The number of hydrogen-bond acceptors (Lipinski definition) is 1. The van der Waals surface area contributed by atoms with E-state index in [1.54, 1.807) is 0 Å². The molecule has 1 heteroatoms. The lowest BCUT2D eigenvalue weighted by atomic mass is 9.84. The first kappa shape index (κ1) is 11.8. The monoisotopic (exact) mass is 196 g/mol. The van der Waals surface area contributed by atoms with E-state index in [2.05, 4.69) is 13.8 Å². The number of rotatable bonds is 5. The predicted octanol–water partition coefficient (Wildman–Crippen LogP) is 3.67. The molecule has 1 N–H and O–H groups in total. The molecule has 82 valence electrons. The van der Waals surface area contributed by atoms with Crippen LogP contribution in [0.4, 0.5) is 0 Å². The van der Waals surface area contributed by atoms with E-state index in [0.29, 0.717) is 0 Å². The van der Waals surface area contributed by atoms with Crippen LogP contribution in [0, 0.1) is 5.92 Å². The normalized spacial score (nSPS) is 27.5. The highest BCUT2D eigenvalue weighted by Crippen LogP contribution is 2.28. The van der Waals surface area contributed by atoms with Crippen molar-refractivity contribution in [1.82, 2.24) is 0 Å². The fourth-order valence-corrected chi connectivity index (χ4v) is 2.42. The quantitative estimate of drug-likeness (QED) is 0.525. The van der Waals surface area contributed by atoms with Crippen LogP contribution in [0.2, 0.25) is 0 Å². The van der Waals surface area contributed by atoms with Crippen LogP contribution in [0.5, 0.6) is 0 Å². The molecular weight excluding hydrogens is 172 g/mol. The Morgan fingerprint density at radius 3 is 2.79 bits per heavy atom. The van der Waals surface area contributed by atoms with Gasteiger partial charge < -0.3 is 5.11 Å². The zero-order chi connectivity index (χ0) is 10.4. The maximum Gasteiger partial charge on any atom is 0.0726 e. The Labute approximate surface area is 88.2 Å². The maximum atomic E-state index is 9.58. The molecule has 0 saturated carbocycles. The Morgan fingerprint density at radius 2 is 2.14 bits per heavy atom. The first-order valence-corrected chi connectivity index (χ1v) is 6.07. The molecule has 0 aromatic carbocycles. The largest absolute Gasteiger partial charge is 0.389 e. The molecule has 14 heavy (non-hydrogen) atoms. The van der Waals surface area contributed by atoms with E-state index in [-0.39, 0.29) is 6.10 Å². The average molecular weight is 196 g/mol. The van der Waals surface area contributed by atoms with Gasteiger partial charge in [0, 0.05) is 0 Å². The Bertz CT molecular complexity index is 184. The van der Waals surface area contributed by atoms with Crippen molar-refractivity contribution in [3.05, 3.63) is 11.6 Å². The summed E-state index contributed by atoms with van der Waals surface area (Å²) in [5.74, 6) is 0.742. The minimum atomic E-state index is -0.167. The number of allylic oxidation sites excluding steroid dienone is 1. The van der Waals surface area contributed by atoms with Crippen LogP contribution in [0.15, 0.2) is 11.6 Å². The molecule has 0 bridgehead atoms. The first-order chi connectivity index (χ1) is 6.72. The minimum absolute atomic E-state index is 0.167. The smallest absolute Gasteiger partial charge is 0.0726 e. The molecule has 0 aromatic heterocycles. The van der Waals surface area contributed by atoms with Crippen LogP contribution >= 0.6 is 0 Å². The average Bonchev–Trinajstić information content (AvgIpc) is 2.11. The molecule has 0 amide bonds. The highest BCUT2D eigenvalue weighted by molar-refractivity contribution is 5.07. The molecule has 0 fully saturated rings. The van der Waals surface area contributed by atoms with Crippen LogP contribution in [-0.2, 0) is 0 Å². The van der Waals surface area contributed by atoms with Crippen LogP contribution < -0.4 is 0 Å². The van der Waals surface area contributed by atoms with Crippen molar-refractivity contribution < 1.29 is 5.11 Å². The van der Waals surface area contributed by atoms with Gasteiger partial charge in [0.05, 0.1) is 6.10 Å². The lowest BCUT2D eigenvalue weighted by molar-refractivity contribution is 0.170. The van der Waals surface area contributed by atoms with E-state index in [1.165, 1.54) is 44.1 Å². The van der Waals surface area contributed by atoms with E-state index in [9.17, 15) is 5.11 Å². The summed E-state index contributed by atoms with van der Waals surface area (Å²) in [6.07, 6.45) is 10.7. The van der Waals surface area contributed by atoms with Gasteiger partial charge >= 0.3 is 0 Å². The Balaban J connectivity index is 2.16. The zero-order valence-electron chi connectivity index (χ0n) is 9.63. The van der Waals surface area contributed by atoms with E-state index < -0.39 is 0 Å². The second-order valence-corrected chi connectivity index (χ2v) is 4.74. The van der Waals surface area contributed by atoms with Crippen molar-refractivity contribution in [3.8, 4) is 0 Å². The second-order valence-electron chi connectivity index (χ2n) is 4.74. The van der Waals surface area contributed by atoms with Crippen molar-refractivity contribution in [2.24, 2.45) is 5.92 Å². The van der Waals surface area contributed by atoms with Crippen molar-refractivity contribution in [1.29, 1.82) is 0 Å². The maximum absolute atomic E-state index is 9.58. The van der Waals surface area contributed by atoms with Gasteiger partial charge in [-0.2, -0.15) is 0 Å². The zero-order valence-corrected chi connectivity index (χ0v) is 9.63. The third-order valence-corrected chi connectivity index (χ3v) is 3.13. The molecule has 2 unspecified atom stereocenters. The second kappa shape index (κ2) is 6.23. The summed E-state index contributed by atoms with van der Waals surface area (Å²) in [4.78, 5) is 0. The Morgan fingerprint density at radius 1 is 1.36 bits per heavy atom. The van der Waals surface area contributed by atoms with Gasteiger partial charge in [-0.3, -0.25) is 0 Å². The lowest BCUT2D eigenvalue weighted by Gasteiger charge is -2.24. The van der Waals surface area contributed by atoms with Gasteiger partial charge in [0.2, 0.25) is 0 Å².